The van der Waals surface area contributed by atoms with Crippen molar-refractivity contribution in [3.05, 3.63) is 48.0 Å². The summed E-state index contributed by atoms with van der Waals surface area (Å²) in [4.78, 5) is 23.0. The first kappa shape index (κ1) is 9.45. The zero-order valence-corrected chi connectivity index (χ0v) is 7.80. The van der Waals surface area contributed by atoms with Crippen LogP contribution in [-0.2, 0) is 9.47 Å². The Bertz CT molecular complexity index is 399. The van der Waals surface area contributed by atoms with E-state index in [-0.39, 0.29) is 11.1 Å². The molecule has 4 nitrogen and oxygen atoms in total. The molecule has 0 atom stereocenters. The Morgan fingerprint density at radius 1 is 1.07 bits per heavy atom. The van der Waals surface area contributed by atoms with E-state index in [2.05, 4.69) is 6.58 Å². The van der Waals surface area contributed by atoms with E-state index in [1.807, 2.05) is 0 Å². The summed E-state index contributed by atoms with van der Waals surface area (Å²) in [6.45, 7) is 3.40. The minimum absolute atomic E-state index is 0.215. The lowest BCUT2D eigenvalue weighted by atomic mass is 10.1. The van der Waals surface area contributed by atoms with Gasteiger partial charge in [-0.1, -0.05) is 18.7 Å². The van der Waals surface area contributed by atoms with Gasteiger partial charge >= 0.3 is 11.9 Å². The molecule has 0 radical (unpaired) electrons. The maximum absolute atomic E-state index is 11.5. The summed E-state index contributed by atoms with van der Waals surface area (Å²) >= 11 is 0. The Kier molecular flexibility index (Phi) is 2.25. The van der Waals surface area contributed by atoms with Gasteiger partial charge in [-0.05, 0) is 18.2 Å². The van der Waals surface area contributed by atoms with Crippen LogP contribution in [0.3, 0.4) is 0 Å². The van der Waals surface area contributed by atoms with Gasteiger partial charge in [0.15, 0.2) is 0 Å². The molecule has 0 unspecified atom stereocenters. The van der Waals surface area contributed by atoms with Gasteiger partial charge in [0.05, 0.1) is 11.1 Å². The summed E-state index contributed by atoms with van der Waals surface area (Å²) in [7, 11) is 0. The van der Waals surface area contributed by atoms with Gasteiger partial charge in [0, 0.05) is 0 Å². The number of benzene rings is 1. The molecular weight excluding hydrogens is 196 g/mol. The zero-order valence-electron chi connectivity index (χ0n) is 7.80. The molecule has 1 aliphatic heterocycles. The smallest absolute Gasteiger partial charge is 0.342 e. The molecule has 0 saturated heterocycles. The van der Waals surface area contributed by atoms with E-state index in [9.17, 15) is 9.59 Å². The number of cyclic esters (lactones) is 2. The number of carbonyl (C=O) groups excluding carboxylic acids is 2. The number of carbonyl (C=O) groups is 2. The van der Waals surface area contributed by atoms with E-state index in [0.717, 1.165) is 0 Å². The predicted molar refractivity (Wildman–Crippen MR) is 51.3 cm³/mol. The van der Waals surface area contributed by atoms with Gasteiger partial charge in [0.1, 0.15) is 0 Å². The van der Waals surface area contributed by atoms with Crippen molar-refractivity contribution in [3.63, 3.8) is 0 Å². The highest BCUT2D eigenvalue weighted by Crippen LogP contribution is 2.18. The van der Waals surface area contributed by atoms with Crippen molar-refractivity contribution in [2.75, 3.05) is 0 Å². The SMILES string of the molecule is C=CC1OC(=O)c2ccccc2C(=O)O1. The van der Waals surface area contributed by atoms with Gasteiger partial charge < -0.3 is 9.47 Å². The number of rotatable bonds is 1. The van der Waals surface area contributed by atoms with Crippen molar-refractivity contribution in [3.8, 4) is 0 Å². The first-order chi connectivity index (χ1) is 7.22. The van der Waals surface area contributed by atoms with Crippen LogP contribution in [0.4, 0.5) is 0 Å². The van der Waals surface area contributed by atoms with Crippen LogP contribution >= 0.6 is 0 Å². The van der Waals surface area contributed by atoms with E-state index in [0.29, 0.717) is 0 Å². The molecule has 1 aromatic rings. The summed E-state index contributed by atoms with van der Waals surface area (Å²) in [6, 6.07) is 6.35. The molecule has 4 heteroatoms. The van der Waals surface area contributed by atoms with E-state index in [1.165, 1.54) is 18.2 Å². The number of ether oxygens (including phenoxy) is 2. The summed E-state index contributed by atoms with van der Waals surface area (Å²) in [5, 5.41) is 0. The molecule has 15 heavy (non-hydrogen) atoms. The number of esters is 2. The normalized spacial score (nSPS) is 16.0. The molecule has 0 N–H and O–H groups in total. The number of hydrogen-bond donors (Lipinski definition) is 0. The molecule has 0 fully saturated rings. The average molecular weight is 204 g/mol. The second-order valence-corrected chi connectivity index (χ2v) is 2.96. The fourth-order valence-corrected chi connectivity index (χ4v) is 1.30. The van der Waals surface area contributed by atoms with E-state index in [4.69, 9.17) is 9.47 Å². The summed E-state index contributed by atoms with van der Waals surface area (Å²) in [6.07, 6.45) is 0.235. The maximum Gasteiger partial charge on any atom is 0.342 e. The molecule has 1 aromatic carbocycles. The fourth-order valence-electron chi connectivity index (χ4n) is 1.30. The van der Waals surface area contributed by atoms with Crippen molar-refractivity contribution in [1.82, 2.24) is 0 Å². The Balaban J connectivity index is 2.49. The van der Waals surface area contributed by atoms with Gasteiger partial charge in [0.25, 0.3) is 6.29 Å². The quantitative estimate of drug-likeness (QED) is 0.514. The van der Waals surface area contributed by atoms with Crippen LogP contribution in [0.25, 0.3) is 0 Å². The second-order valence-electron chi connectivity index (χ2n) is 2.96. The highest BCUT2D eigenvalue weighted by molar-refractivity contribution is 6.04. The lowest BCUT2D eigenvalue weighted by molar-refractivity contribution is -0.0502. The highest BCUT2D eigenvalue weighted by Gasteiger charge is 2.27. The number of hydrogen-bond acceptors (Lipinski definition) is 4. The van der Waals surface area contributed by atoms with Gasteiger partial charge in [0.2, 0.25) is 0 Å². The molecule has 1 heterocycles. The molecule has 1 aliphatic rings. The Hall–Kier alpha value is -2.10. The van der Waals surface area contributed by atoms with Crippen LogP contribution in [-0.4, -0.2) is 18.2 Å². The summed E-state index contributed by atoms with van der Waals surface area (Å²) in [5.41, 5.74) is 0.429. The first-order valence-corrected chi connectivity index (χ1v) is 4.36. The van der Waals surface area contributed by atoms with Crippen LogP contribution < -0.4 is 0 Å². The maximum atomic E-state index is 11.5. The zero-order chi connectivity index (χ0) is 10.8. The van der Waals surface area contributed by atoms with Crippen LogP contribution in [0.5, 0.6) is 0 Å². The lowest BCUT2D eigenvalue weighted by Crippen LogP contribution is -2.17. The third-order valence-corrected chi connectivity index (χ3v) is 2.01. The molecule has 0 saturated carbocycles. The Morgan fingerprint density at radius 3 is 1.93 bits per heavy atom. The van der Waals surface area contributed by atoms with Crippen LogP contribution in [0.1, 0.15) is 20.7 Å². The fraction of sp³-hybridized carbons (Fsp3) is 0.0909. The Morgan fingerprint density at radius 2 is 1.53 bits per heavy atom. The van der Waals surface area contributed by atoms with E-state index < -0.39 is 18.2 Å². The van der Waals surface area contributed by atoms with Gasteiger partial charge in [-0.2, -0.15) is 0 Å². The van der Waals surface area contributed by atoms with Crippen molar-refractivity contribution < 1.29 is 19.1 Å². The molecule has 76 valence electrons. The molecule has 0 aromatic heterocycles. The van der Waals surface area contributed by atoms with Crippen molar-refractivity contribution in [2.24, 2.45) is 0 Å². The minimum atomic E-state index is -1.02. The lowest BCUT2D eigenvalue weighted by Gasteiger charge is -2.09. The van der Waals surface area contributed by atoms with Crippen molar-refractivity contribution in [1.29, 1.82) is 0 Å². The first-order valence-electron chi connectivity index (χ1n) is 4.36. The van der Waals surface area contributed by atoms with Gasteiger partial charge in [-0.15, -0.1) is 0 Å². The van der Waals surface area contributed by atoms with Gasteiger partial charge in [-0.3, -0.25) is 0 Å². The van der Waals surface area contributed by atoms with Crippen LogP contribution in [0, 0.1) is 0 Å². The molecule has 0 spiro atoms. The van der Waals surface area contributed by atoms with E-state index >= 15 is 0 Å². The molecule has 0 bridgehead atoms. The highest BCUT2D eigenvalue weighted by atomic mass is 16.7. The topological polar surface area (TPSA) is 52.6 Å². The minimum Gasteiger partial charge on any atom is -0.418 e. The summed E-state index contributed by atoms with van der Waals surface area (Å²) in [5.74, 6) is -1.16. The summed E-state index contributed by atoms with van der Waals surface area (Å²) < 4.78 is 9.71. The Labute approximate surface area is 86.1 Å². The monoisotopic (exact) mass is 204 g/mol. The number of fused-ring (bicyclic) bond motifs is 1. The van der Waals surface area contributed by atoms with Crippen LogP contribution in [0.2, 0.25) is 0 Å². The molecular formula is C11H8O4. The second kappa shape index (κ2) is 3.57. The van der Waals surface area contributed by atoms with Crippen LogP contribution in [0.15, 0.2) is 36.9 Å². The third-order valence-electron chi connectivity index (χ3n) is 2.01. The molecule has 2 rings (SSSR count). The van der Waals surface area contributed by atoms with Crippen molar-refractivity contribution in [2.45, 2.75) is 6.29 Å². The molecule has 0 amide bonds. The standard InChI is InChI=1S/C11H8O4/c1-2-9-14-10(12)7-5-3-4-6-8(7)11(13)15-9/h2-6,9H,1H2. The third kappa shape index (κ3) is 1.61. The van der Waals surface area contributed by atoms with Gasteiger partial charge in [-0.25, -0.2) is 9.59 Å². The predicted octanol–water partition coefficient (Wildman–Crippen LogP) is 1.53. The molecule has 0 aliphatic carbocycles. The average Bonchev–Trinajstić information content (AvgIpc) is 2.38. The van der Waals surface area contributed by atoms with Crippen molar-refractivity contribution >= 4 is 11.9 Å². The largest absolute Gasteiger partial charge is 0.418 e. The van der Waals surface area contributed by atoms with E-state index in [1.54, 1.807) is 12.1 Å².